The minimum absolute atomic E-state index is 0.0826. The van der Waals surface area contributed by atoms with Crippen molar-refractivity contribution in [2.75, 3.05) is 26.2 Å². The monoisotopic (exact) mass is 449 g/mol. The lowest BCUT2D eigenvalue weighted by atomic mass is 10.1. The predicted octanol–water partition coefficient (Wildman–Crippen LogP) is 3.69. The topological polar surface area (TPSA) is 70.6 Å². The van der Waals surface area contributed by atoms with Crippen molar-refractivity contribution in [3.63, 3.8) is 0 Å². The number of benzene rings is 2. The molecule has 2 heterocycles. The first-order valence-electron chi connectivity index (χ1n) is 8.97. The van der Waals surface area contributed by atoms with Gasteiger partial charge < -0.3 is 4.90 Å². The molecule has 0 spiro atoms. The summed E-state index contributed by atoms with van der Waals surface area (Å²) in [5.41, 5.74) is 1.30. The zero-order valence-electron chi connectivity index (χ0n) is 15.3. The number of hydrogen-bond donors (Lipinski definition) is 0. The van der Waals surface area contributed by atoms with E-state index in [0.29, 0.717) is 5.56 Å². The first kappa shape index (κ1) is 20.1. The zero-order chi connectivity index (χ0) is 20.6. The van der Waals surface area contributed by atoms with Gasteiger partial charge in [-0.2, -0.15) is 4.31 Å². The number of rotatable bonds is 3. The summed E-state index contributed by atoms with van der Waals surface area (Å²) in [5.74, 6) is -0.142. The second kappa shape index (κ2) is 7.91. The molecule has 0 atom stereocenters. The van der Waals surface area contributed by atoms with Crippen LogP contribution in [0.3, 0.4) is 0 Å². The maximum atomic E-state index is 13.0. The molecule has 9 heteroatoms. The summed E-state index contributed by atoms with van der Waals surface area (Å²) in [7, 11) is -3.85. The number of aromatic nitrogens is 1. The lowest BCUT2D eigenvalue weighted by molar-refractivity contribution is 0.0700. The molecular weight excluding hydrogens is 433 g/mol. The Hall–Kier alpha value is -2.19. The molecule has 0 aliphatic carbocycles. The maximum Gasteiger partial charge on any atom is 0.254 e. The van der Waals surface area contributed by atoms with Crippen LogP contribution in [0.1, 0.15) is 10.4 Å². The van der Waals surface area contributed by atoms with Gasteiger partial charge in [0.15, 0.2) is 0 Å². The number of piperazine rings is 1. The van der Waals surface area contributed by atoms with Gasteiger partial charge in [-0.1, -0.05) is 47.5 Å². The van der Waals surface area contributed by atoms with Crippen molar-refractivity contribution in [2.24, 2.45) is 0 Å². The van der Waals surface area contributed by atoms with Crippen molar-refractivity contribution < 1.29 is 13.2 Å². The van der Waals surface area contributed by atoms with Crippen molar-refractivity contribution in [1.82, 2.24) is 14.2 Å². The van der Waals surface area contributed by atoms with Crippen LogP contribution in [0, 0.1) is 0 Å². The van der Waals surface area contributed by atoms with E-state index in [9.17, 15) is 13.2 Å². The van der Waals surface area contributed by atoms with Gasteiger partial charge in [0, 0.05) is 37.8 Å². The smallest absolute Gasteiger partial charge is 0.254 e. The largest absolute Gasteiger partial charge is 0.336 e. The Balaban J connectivity index is 1.54. The van der Waals surface area contributed by atoms with Gasteiger partial charge in [0.1, 0.15) is 4.90 Å². The van der Waals surface area contributed by atoms with E-state index in [1.54, 1.807) is 23.2 Å². The second-order valence-corrected chi connectivity index (χ2v) is 9.31. The van der Waals surface area contributed by atoms with E-state index in [0.717, 1.165) is 10.9 Å². The van der Waals surface area contributed by atoms with Crippen molar-refractivity contribution >= 4 is 50.0 Å². The summed E-state index contributed by atoms with van der Waals surface area (Å²) >= 11 is 12.2. The average Bonchev–Trinajstić information content (AvgIpc) is 2.72. The Morgan fingerprint density at radius 1 is 0.897 bits per heavy atom. The number of nitrogens with zero attached hydrogens (tertiary/aromatic N) is 3. The van der Waals surface area contributed by atoms with Crippen LogP contribution in [0.5, 0.6) is 0 Å². The summed E-state index contributed by atoms with van der Waals surface area (Å²) in [6.45, 7) is 0.880. The molecule has 1 aromatic heterocycles. The maximum absolute atomic E-state index is 13.0. The number of fused-ring (bicyclic) bond motifs is 1. The van der Waals surface area contributed by atoms with E-state index < -0.39 is 10.0 Å². The third-order valence-corrected chi connectivity index (χ3v) is 7.78. The van der Waals surface area contributed by atoms with Crippen molar-refractivity contribution in [1.29, 1.82) is 0 Å². The van der Waals surface area contributed by atoms with Gasteiger partial charge >= 0.3 is 0 Å². The van der Waals surface area contributed by atoms with Crippen molar-refractivity contribution in [2.45, 2.75) is 4.90 Å². The van der Waals surface area contributed by atoms with Crippen LogP contribution < -0.4 is 0 Å². The molecule has 3 aromatic rings. The second-order valence-electron chi connectivity index (χ2n) is 6.62. The lowest BCUT2D eigenvalue weighted by Gasteiger charge is -2.34. The zero-order valence-corrected chi connectivity index (χ0v) is 17.6. The minimum atomic E-state index is -3.85. The number of halogens is 2. The molecule has 0 N–H and O–H groups in total. The Bertz CT molecular complexity index is 1170. The molecule has 150 valence electrons. The van der Waals surface area contributed by atoms with Gasteiger partial charge in [-0.05, 0) is 24.3 Å². The molecule has 0 unspecified atom stereocenters. The molecule has 1 fully saturated rings. The first-order chi connectivity index (χ1) is 13.9. The van der Waals surface area contributed by atoms with Crippen LogP contribution in [0.25, 0.3) is 10.9 Å². The number of carbonyl (C=O) groups is 1. The number of hydrogen-bond acceptors (Lipinski definition) is 4. The number of sulfonamides is 1. The average molecular weight is 450 g/mol. The molecule has 1 saturated heterocycles. The number of amides is 1. The molecule has 6 nitrogen and oxygen atoms in total. The van der Waals surface area contributed by atoms with Crippen LogP contribution in [0.15, 0.2) is 59.6 Å². The van der Waals surface area contributed by atoms with E-state index in [-0.39, 0.29) is 47.0 Å². The van der Waals surface area contributed by atoms with Gasteiger partial charge in [-0.15, -0.1) is 0 Å². The molecule has 1 aliphatic rings. The SMILES string of the molecule is O=C(c1ccnc2ccccc12)N1CCN(S(=O)(=O)c2c(Cl)cccc2Cl)CC1. The molecule has 2 aromatic carbocycles. The van der Waals surface area contributed by atoms with E-state index >= 15 is 0 Å². The highest BCUT2D eigenvalue weighted by molar-refractivity contribution is 7.89. The fourth-order valence-electron chi connectivity index (χ4n) is 3.44. The Kier molecular flexibility index (Phi) is 5.48. The van der Waals surface area contributed by atoms with Crippen molar-refractivity contribution in [3.8, 4) is 0 Å². The molecule has 0 bridgehead atoms. The van der Waals surface area contributed by atoms with E-state index in [1.165, 1.54) is 16.4 Å². The number of pyridine rings is 1. The fourth-order valence-corrected chi connectivity index (χ4v) is 5.96. The molecule has 0 saturated carbocycles. The molecule has 29 heavy (non-hydrogen) atoms. The van der Waals surface area contributed by atoms with Crippen LogP contribution in [-0.4, -0.2) is 54.7 Å². The third-order valence-electron chi connectivity index (χ3n) is 4.92. The first-order valence-corrected chi connectivity index (χ1v) is 11.2. The van der Waals surface area contributed by atoms with Crippen molar-refractivity contribution in [3.05, 3.63) is 70.3 Å². The fraction of sp³-hybridized carbons (Fsp3) is 0.200. The summed E-state index contributed by atoms with van der Waals surface area (Å²) < 4.78 is 27.3. The summed E-state index contributed by atoms with van der Waals surface area (Å²) in [6, 6.07) is 13.7. The Labute approximate surface area is 178 Å². The molecule has 4 rings (SSSR count). The molecule has 1 aliphatic heterocycles. The van der Waals surface area contributed by atoms with E-state index in [4.69, 9.17) is 23.2 Å². The van der Waals surface area contributed by atoms with Gasteiger partial charge in [-0.25, -0.2) is 8.42 Å². The van der Waals surface area contributed by atoms with Gasteiger partial charge in [0.05, 0.1) is 21.1 Å². The Morgan fingerprint density at radius 3 is 2.24 bits per heavy atom. The van der Waals surface area contributed by atoms with Crippen LogP contribution in [0.2, 0.25) is 10.0 Å². The highest BCUT2D eigenvalue weighted by Crippen LogP contribution is 2.32. The van der Waals surface area contributed by atoms with Gasteiger partial charge in [-0.3, -0.25) is 9.78 Å². The molecule has 0 radical (unpaired) electrons. The highest BCUT2D eigenvalue weighted by Gasteiger charge is 2.33. The standard InChI is InChI=1S/C20H17Cl2N3O3S/c21-16-5-3-6-17(22)19(16)29(27,28)25-12-10-24(11-13-25)20(26)15-8-9-23-18-7-2-1-4-14(15)18/h1-9H,10-13H2. The van der Waals surface area contributed by atoms with Gasteiger partial charge in [0.25, 0.3) is 5.91 Å². The number of para-hydroxylation sites is 1. The summed E-state index contributed by atoms with van der Waals surface area (Å²) in [4.78, 5) is 18.9. The van der Waals surface area contributed by atoms with Crippen LogP contribution in [-0.2, 0) is 10.0 Å². The third kappa shape index (κ3) is 3.71. The highest BCUT2D eigenvalue weighted by atomic mass is 35.5. The van der Waals surface area contributed by atoms with E-state index in [2.05, 4.69) is 4.98 Å². The molecule has 1 amide bonds. The Morgan fingerprint density at radius 2 is 1.55 bits per heavy atom. The quantitative estimate of drug-likeness (QED) is 0.611. The molecular formula is C20H17Cl2N3O3S. The lowest BCUT2D eigenvalue weighted by Crippen LogP contribution is -2.50. The summed E-state index contributed by atoms with van der Waals surface area (Å²) in [6.07, 6.45) is 1.61. The van der Waals surface area contributed by atoms with E-state index in [1.807, 2.05) is 24.3 Å². The minimum Gasteiger partial charge on any atom is -0.336 e. The number of carbonyl (C=O) groups excluding carboxylic acids is 1. The van der Waals surface area contributed by atoms with Crippen LogP contribution >= 0.6 is 23.2 Å². The summed E-state index contributed by atoms with van der Waals surface area (Å²) in [5, 5.41) is 0.941. The predicted molar refractivity (Wildman–Crippen MR) is 113 cm³/mol. The van der Waals surface area contributed by atoms with Crippen LogP contribution in [0.4, 0.5) is 0 Å². The normalized spacial score (nSPS) is 15.6. The van der Waals surface area contributed by atoms with Gasteiger partial charge in [0.2, 0.25) is 10.0 Å².